The van der Waals surface area contributed by atoms with Gasteiger partial charge in [-0.2, -0.15) is 0 Å². The lowest BCUT2D eigenvalue weighted by Gasteiger charge is -2.11. The zero-order valence-electron chi connectivity index (χ0n) is 13.7. The van der Waals surface area contributed by atoms with Crippen LogP contribution in [0.4, 0.5) is 5.13 Å². The highest BCUT2D eigenvalue weighted by Gasteiger charge is 2.23. The van der Waals surface area contributed by atoms with Gasteiger partial charge in [0.1, 0.15) is 0 Å². The number of aromatic nitrogens is 3. The third-order valence-corrected chi connectivity index (χ3v) is 5.72. The highest BCUT2D eigenvalue weighted by molar-refractivity contribution is 8.02. The standard InChI is InChI=1S/C17H18N4OS2/c1-10-9-14(11(2)21(10)13-7-5-4-6-8-13)15(22)12(3)23-17-20-19-16(18)24-17/h4-9,12H,1-3H3,(H2,18,19)/t12-/m1/s1. The van der Waals surface area contributed by atoms with Crippen molar-refractivity contribution in [2.45, 2.75) is 30.4 Å². The van der Waals surface area contributed by atoms with Crippen molar-refractivity contribution < 1.29 is 4.79 Å². The molecule has 0 saturated carbocycles. The number of carbonyl (C=O) groups excluding carboxylic acids is 1. The van der Waals surface area contributed by atoms with E-state index >= 15 is 0 Å². The van der Waals surface area contributed by atoms with Crippen LogP contribution in [-0.2, 0) is 0 Å². The van der Waals surface area contributed by atoms with Crippen molar-refractivity contribution in [2.75, 3.05) is 5.73 Å². The van der Waals surface area contributed by atoms with Crippen LogP contribution in [0.3, 0.4) is 0 Å². The van der Waals surface area contributed by atoms with Gasteiger partial charge in [0.15, 0.2) is 10.1 Å². The van der Waals surface area contributed by atoms with Crippen molar-refractivity contribution >= 4 is 34.0 Å². The minimum atomic E-state index is -0.248. The largest absolute Gasteiger partial charge is 0.374 e. The molecular weight excluding hydrogens is 340 g/mol. The summed E-state index contributed by atoms with van der Waals surface area (Å²) in [5.41, 5.74) is 9.39. The summed E-state index contributed by atoms with van der Waals surface area (Å²) < 4.78 is 2.82. The number of benzene rings is 1. The Hall–Kier alpha value is -2.12. The van der Waals surface area contributed by atoms with Crippen LogP contribution in [0.2, 0.25) is 0 Å². The molecule has 7 heteroatoms. The Bertz CT molecular complexity index is 870. The number of nitrogens with zero attached hydrogens (tertiary/aromatic N) is 3. The van der Waals surface area contributed by atoms with Gasteiger partial charge in [-0.15, -0.1) is 10.2 Å². The highest BCUT2D eigenvalue weighted by atomic mass is 32.2. The first-order valence-corrected chi connectivity index (χ1v) is 9.21. The second-order valence-corrected chi connectivity index (χ2v) is 8.08. The average Bonchev–Trinajstić information content (AvgIpc) is 3.10. The Morgan fingerprint density at radius 3 is 2.58 bits per heavy atom. The number of hydrogen-bond donors (Lipinski definition) is 1. The van der Waals surface area contributed by atoms with Gasteiger partial charge in [0, 0.05) is 22.6 Å². The molecule has 0 aliphatic carbocycles. The molecule has 124 valence electrons. The van der Waals surface area contributed by atoms with Crippen molar-refractivity contribution in [1.82, 2.24) is 14.8 Å². The molecule has 0 amide bonds. The van der Waals surface area contributed by atoms with Gasteiger partial charge >= 0.3 is 0 Å². The van der Waals surface area contributed by atoms with Crippen molar-refractivity contribution in [3.05, 3.63) is 53.3 Å². The third kappa shape index (κ3) is 3.22. The second-order valence-electron chi connectivity index (χ2n) is 5.49. The number of aryl methyl sites for hydroxylation is 1. The molecule has 1 aromatic carbocycles. The fraction of sp³-hybridized carbons (Fsp3) is 0.235. The fourth-order valence-corrected chi connectivity index (χ4v) is 4.53. The van der Waals surface area contributed by atoms with Gasteiger partial charge in [0.2, 0.25) is 5.13 Å². The Morgan fingerprint density at radius 1 is 1.25 bits per heavy atom. The number of ketones is 1. The Morgan fingerprint density at radius 2 is 1.96 bits per heavy atom. The van der Waals surface area contributed by atoms with Crippen LogP contribution in [-0.4, -0.2) is 25.8 Å². The summed E-state index contributed by atoms with van der Waals surface area (Å²) in [6, 6.07) is 12.0. The number of nitrogens with two attached hydrogens (primary N) is 1. The lowest BCUT2D eigenvalue weighted by Crippen LogP contribution is -2.14. The number of para-hydroxylation sites is 1. The van der Waals surface area contributed by atoms with Crippen LogP contribution in [0, 0.1) is 13.8 Å². The van der Waals surface area contributed by atoms with Crippen molar-refractivity contribution in [1.29, 1.82) is 0 Å². The maximum atomic E-state index is 12.9. The number of anilines is 1. The highest BCUT2D eigenvalue weighted by Crippen LogP contribution is 2.31. The molecule has 1 atom stereocenters. The van der Waals surface area contributed by atoms with Gasteiger partial charge in [-0.25, -0.2) is 0 Å². The van der Waals surface area contributed by atoms with Crippen LogP contribution in [0.15, 0.2) is 40.7 Å². The number of rotatable bonds is 5. The Labute approximate surface area is 148 Å². The zero-order valence-corrected chi connectivity index (χ0v) is 15.3. The molecule has 0 spiro atoms. The van der Waals surface area contributed by atoms with Gasteiger partial charge in [-0.3, -0.25) is 4.79 Å². The van der Waals surface area contributed by atoms with Gasteiger partial charge < -0.3 is 10.3 Å². The molecule has 2 N–H and O–H groups in total. The van der Waals surface area contributed by atoms with E-state index in [-0.39, 0.29) is 11.0 Å². The number of hydrogen-bond acceptors (Lipinski definition) is 6. The van der Waals surface area contributed by atoms with E-state index in [9.17, 15) is 4.79 Å². The van der Waals surface area contributed by atoms with Crippen LogP contribution in [0.5, 0.6) is 0 Å². The Kier molecular flexibility index (Phi) is 4.73. The van der Waals surface area contributed by atoms with E-state index in [1.807, 2.05) is 57.2 Å². The third-order valence-electron chi connectivity index (χ3n) is 3.78. The first-order valence-electron chi connectivity index (χ1n) is 7.51. The van der Waals surface area contributed by atoms with E-state index < -0.39 is 0 Å². The number of Topliss-reactive ketones (excluding diaryl/α,β-unsaturated/α-hetero) is 1. The molecule has 0 fully saturated rings. The topological polar surface area (TPSA) is 73.8 Å². The van der Waals surface area contributed by atoms with Crippen LogP contribution in [0.1, 0.15) is 28.7 Å². The predicted molar refractivity (Wildman–Crippen MR) is 99.2 cm³/mol. The maximum Gasteiger partial charge on any atom is 0.203 e. The van der Waals surface area contributed by atoms with Gasteiger partial charge in [-0.05, 0) is 39.0 Å². The normalized spacial score (nSPS) is 12.3. The monoisotopic (exact) mass is 358 g/mol. The molecule has 0 radical (unpaired) electrons. The molecular formula is C17H18N4OS2. The molecule has 2 aromatic heterocycles. The minimum absolute atomic E-state index is 0.0871. The summed E-state index contributed by atoms with van der Waals surface area (Å²) >= 11 is 2.69. The van der Waals surface area contributed by atoms with Crippen LogP contribution >= 0.6 is 23.1 Å². The van der Waals surface area contributed by atoms with E-state index in [4.69, 9.17) is 5.73 Å². The van der Waals surface area contributed by atoms with Crippen molar-refractivity contribution in [3.8, 4) is 5.69 Å². The van der Waals surface area contributed by atoms with E-state index in [1.54, 1.807) is 0 Å². The summed E-state index contributed by atoms with van der Waals surface area (Å²) in [7, 11) is 0. The molecule has 3 aromatic rings. The SMILES string of the molecule is Cc1cc(C(=O)[C@@H](C)Sc2nnc(N)s2)c(C)n1-c1ccccc1. The number of thioether (sulfide) groups is 1. The lowest BCUT2D eigenvalue weighted by molar-refractivity contribution is 0.0993. The Balaban J connectivity index is 1.88. The van der Waals surface area contributed by atoms with E-state index in [0.717, 1.165) is 22.6 Å². The van der Waals surface area contributed by atoms with Gasteiger partial charge in [0.25, 0.3) is 0 Å². The molecule has 3 rings (SSSR count). The van der Waals surface area contributed by atoms with E-state index in [1.165, 1.54) is 23.1 Å². The summed E-state index contributed by atoms with van der Waals surface area (Å²) in [6.07, 6.45) is 0. The first-order chi connectivity index (χ1) is 11.5. The molecule has 5 nitrogen and oxygen atoms in total. The smallest absolute Gasteiger partial charge is 0.203 e. The molecule has 0 bridgehead atoms. The predicted octanol–water partition coefficient (Wildman–Crippen LogP) is 3.89. The van der Waals surface area contributed by atoms with E-state index in [0.29, 0.717) is 9.47 Å². The van der Waals surface area contributed by atoms with Gasteiger partial charge in [-0.1, -0.05) is 41.3 Å². The zero-order chi connectivity index (χ0) is 17.3. The molecule has 0 unspecified atom stereocenters. The second kappa shape index (κ2) is 6.78. The molecule has 0 aliphatic rings. The summed E-state index contributed by atoms with van der Waals surface area (Å²) in [5, 5.41) is 7.93. The van der Waals surface area contributed by atoms with E-state index in [2.05, 4.69) is 14.8 Å². The molecule has 24 heavy (non-hydrogen) atoms. The number of nitrogen functional groups attached to an aromatic ring is 1. The fourth-order valence-electron chi connectivity index (χ4n) is 2.68. The molecule has 0 aliphatic heterocycles. The lowest BCUT2D eigenvalue weighted by atomic mass is 10.1. The molecule has 0 saturated heterocycles. The van der Waals surface area contributed by atoms with Crippen LogP contribution in [0.25, 0.3) is 5.69 Å². The number of carbonyl (C=O) groups is 1. The van der Waals surface area contributed by atoms with Crippen LogP contribution < -0.4 is 5.73 Å². The summed E-state index contributed by atoms with van der Waals surface area (Å²) in [4.78, 5) is 12.9. The summed E-state index contributed by atoms with van der Waals surface area (Å²) in [5.74, 6) is 0.0871. The first kappa shape index (κ1) is 16.7. The average molecular weight is 358 g/mol. The van der Waals surface area contributed by atoms with Crippen molar-refractivity contribution in [2.24, 2.45) is 0 Å². The minimum Gasteiger partial charge on any atom is -0.374 e. The maximum absolute atomic E-state index is 12.9. The van der Waals surface area contributed by atoms with Gasteiger partial charge in [0.05, 0.1) is 5.25 Å². The quantitative estimate of drug-likeness (QED) is 0.553. The molecule has 2 heterocycles. The van der Waals surface area contributed by atoms with Crippen molar-refractivity contribution in [3.63, 3.8) is 0 Å². The summed E-state index contributed by atoms with van der Waals surface area (Å²) in [6.45, 7) is 5.88.